The van der Waals surface area contributed by atoms with Crippen LogP contribution in [-0.2, 0) is 0 Å². The third-order valence-electron chi connectivity index (χ3n) is 3.08. The molecule has 4 nitrogen and oxygen atoms in total. The van der Waals surface area contributed by atoms with Gasteiger partial charge in [-0.3, -0.25) is 4.79 Å². The van der Waals surface area contributed by atoms with Crippen LogP contribution in [-0.4, -0.2) is 12.9 Å². The SMILES string of the molecule is COc1cc(C#N)ccc1C=CC(=O)c1ccc(C#N)cc1. The molecule has 0 N–H and O–H groups in total. The van der Waals surface area contributed by atoms with E-state index in [0.717, 1.165) is 0 Å². The Labute approximate surface area is 128 Å². The van der Waals surface area contributed by atoms with E-state index in [1.807, 2.05) is 12.1 Å². The summed E-state index contributed by atoms with van der Waals surface area (Å²) in [6.45, 7) is 0. The summed E-state index contributed by atoms with van der Waals surface area (Å²) in [4.78, 5) is 12.1. The first-order valence-corrected chi connectivity index (χ1v) is 6.48. The maximum atomic E-state index is 12.1. The zero-order valence-electron chi connectivity index (χ0n) is 11.9. The van der Waals surface area contributed by atoms with Crippen molar-refractivity contribution >= 4 is 11.9 Å². The lowest BCUT2D eigenvalue weighted by Gasteiger charge is -2.04. The van der Waals surface area contributed by atoms with Gasteiger partial charge in [-0.2, -0.15) is 10.5 Å². The van der Waals surface area contributed by atoms with Gasteiger partial charge in [-0.15, -0.1) is 0 Å². The molecule has 0 radical (unpaired) electrons. The highest BCUT2D eigenvalue weighted by molar-refractivity contribution is 6.07. The Morgan fingerprint density at radius 2 is 1.68 bits per heavy atom. The summed E-state index contributed by atoms with van der Waals surface area (Å²) in [7, 11) is 1.51. The van der Waals surface area contributed by atoms with Crippen molar-refractivity contribution in [2.24, 2.45) is 0 Å². The number of carbonyl (C=O) groups is 1. The molecule has 0 unspecified atom stereocenters. The first kappa shape index (κ1) is 15.0. The normalized spacial score (nSPS) is 9.95. The van der Waals surface area contributed by atoms with Crippen LogP contribution in [0.25, 0.3) is 6.08 Å². The van der Waals surface area contributed by atoms with Crippen LogP contribution >= 0.6 is 0 Å². The molecule has 4 heteroatoms. The van der Waals surface area contributed by atoms with Crippen molar-refractivity contribution in [1.82, 2.24) is 0 Å². The molecule has 0 aromatic heterocycles. The molecule has 0 aliphatic carbocycles. The summed E-state index contributed by atoms with van der Waals surface area (Å²) in [5.41, 5.74) is 2.22. The highest BCUT2D eigenvalue weighted by Gasteiger charge is 2.04. The first-order chi connectivity index (χ1) is 10.7. The molecule has 0 fully saturated rings. The van der Waals surface area contributed by atoms with Gasteiger partial charge in [-0.25, -0.2) is 0 Å². The highest BCUT2D eigenvalue weighted by Crippen LogP contribution is 2.21. The number of hydrogen-bond acceptors (Lipinski definition) is 4. The number of rotatable bonds is 4. The molecule has 0 aliphatic heterocycles. The monoisotopic (exact) mass is 288 g/mol. The molecular weight excluding hydrogens is 276 g/mol. The van der Waals surface area contributed by atoms with Crippen molar-refractivity contribution in [2.75, 3.05) is 7.11 Å². The molecule has 0 saturated heterocycles. The molecule has 0 atom stereocenters. The van der Waals surface area contributed by atoms with E-state index in [1.54, 1.807) is 48.5 Å². The second-order valence-electron chi connectivity index (χ2n) is 4.46. The van der Waals surface area contributed by atoms with Gasteiger partial charge in [0.05, 0.1) is 30.4 Å². The van der Waals surface area contributed by atoms with Crippen LogP contribution in [0.1, 0.15) is 27.0 Å². The minimum atomic E-state index is -0.170. The minimum Gasteiger partial charge on any atom is -0.496 e. The van der Waals surface area contributed by atoms with Crippen LogP contribution in [0.3, 0.4) is 0 Å². The number of ketones is 1. The Morgan fingerprint density at radius 1 is 1.05 bits per heavy atom. The van der Waals surface area contributed by atoms with Crippen LogP contribution in [0.5, 0.6) is 5.75 Å². The molecule has 2 rings (SSSR count). The quantitative estimate of drug-likeness (QED) is 0.639. The Kier molecular flexibility index (Phi) is 4.70. The van der Waals surface area contributed by atoms with Crippen molar-refractivity contribution in [3.63, 3.8) is 0 Å². The van der Waals surface area contributed by atoms with Gasteiger partial charge < -0.3 is 4.74 Å². The van der Waals surface area contributed by atoms with Gasteiger partial charge >= 0.3 is 0 Å². The van der Waals surface area contributed by atoms with Gasteiger partial charge in [-0.05, 0) is 54.6 Å². The lowest BCUT2D eigenvalue weighted by atomic mass is 10.1. The molecule has 106 valence electrons. The average Bonchev–Trinajstić information content (AvgIpc) is 2.59. The molecule has 0 spiro atoms. The van der Waals surface area contributed by atoms with Crippen molar-refractivity contribution in [3.05, 3.63) is 70.8 Å². The molecule has 22 heavy (non-hydrogen) atoms. The van der Waals surface area contributed by atoms with E-state index >= 15 is 0 Å². The number of methoxy groups -OCH3 is 1. The lowest BCUT2D eigenvalue weighted by Crippen LogP contribution is -1.94. The average molecular weight is 288 g/mol. The fraction of sp³-hybridized carbons (Fsp3) is 0.0556. The largest absolute Gasteiger partial charge is 0.496 e. The number of nitrogens with zero attached hydrogens (tertiary/aromatic N) is 2. The highest BCUT2D eigenvalue weighted by atomic mass is 16.5. The standard InChI is InChI=1S/C18H12N2O2/c1-22-18-10-14(12-20)4-7-16(18)8-9-17(21)15-5-2-13(11-19)3-6-15/h2-10H,1H3. The van der Waals surface area contributed by atoms with Crippen LogP contribution in [0, 0.1) is 22.7 Å². The summed E-state index contributed by atoms with van der Waals surface area (Å²) in [6, 6.07) is 15.5. The predicted molar refractivity (Wildman–Crippen MR) is 82.2 cm³/mol. The van der Waals surface area contributed by atoms with E-state index in [0.29, 0.717) is 28.0 Å². The number of hydrogen-bond donors (Lipinski definition) is 0. The van der Waals surface area contributed by atoms with Crippen molar-refractivity contribution in [3.8, 4) is 17.9 Å². The number of nitriles is 2. The third-order valence-corrected chi connectivity index (χ3v) is 3.08. The molecule has 0 amide bonds. The van der Waals surface area contributed by atoms with Crippen molar-refractivity contribution < 1.29 is 9.53 Å². The van der Waals surface area contributed by atoms with Crippen LogP contribution in [0.2, 0.25) is 0 Å². The zero-order valence-corrected chi connectivity index (χ0v) is 11.9. The molecule has 0 heterocycles. The Hall–Kier alpha value is -3.37. The number of carbonyl (C=O) groups excluding carboxylic acids is 1. The van der Waals surface area contributed by atoms with Crippen molar-refractivity contribution in [1.29, 1.82) is 10.5 Å². The van der Waals surface area contributed by atoms with Crippen LogP contribution in [0.4, 0.5) is 0 Å². The Balaban J connectivity index is 2.22. The van der Waals surface area contributed by atoms with Gasteiger partial charge in [-0.1, -0.05) is 0 Å². The summed E-state index contributed by atoms with van der Waals surface area (Å²) >= 11 is 0. The van der Waals surface area contributed by atoms with Gasteiger partial charge in [0.2, 0.25) is 0 Å². The van der Waals surface area contributed by atoms with E-state index < -0.39 is 0 Å². The number of benzene rings is 2. The Morgan fingerprint density at radius 3 is 2.27 bits per heavy atom. The van der Waals surface area contributed by atoms with Crippen LogP contribution < -0.4 is 4.74 Å². The molecule has 0 aliphatic rings. The Bertz CT molecular complexity index is 806. The molecular formula is C18H12N2O2. The first-order valence-electron chi connectivity index (χ1n) is 6.48. The van der Waals surface area contributed by atoms with Gasteiger partial charge in [0.15, 0.2) is 5.78 Å². The van der Waals surface area contributed by atoms with Gasteiger partial charge in [0, 0.05) is 11.1 Å². The molecule has 0 bridgehead atoms. The zero-order chi connectivity index (χ0) is 15.9. The van der Waals surface area contributed by atoms with Crippen LogP contribution in [0.15, 0.2) is 48.5 Å². The van der Waals surface area contributed by atoms with E-state index in [-0.39, 0.29) is 5.78 Å². The summed E-state index contributed by atoms with van der Waals surface area (Å²) in [5, 5.41) is 17.6. The summed E-state index contributed by atoms with van der Waals surface area (Å²) in [5.74, 6) is 0.360. The van der Waals surface area contributed by atoms with E-state index in [9.17, 15) is 4.79 Å². The van der Waals surface area contributed by atoms with E-state index in [1.165, 1.54) is 13.2 Å². The van der Waals surface area contributed by atoms with Crippen molar-refractivity contribution in [2.45, 2.75) is 0 Å². The summed E-state index contributed by atoms with van der Waals surface area (Å²) < 4.78 is 5.21. The maximum Gasteiger partial charge on any atom is 0.185 e. The fourth-order valence-corrected chi connectivity index (χ4v) is 1.89. The summed E-state index contributed by atoms with van der Waals surface area (Å²) in [6.07, 6.45) is 3.08. The van der Waals surface area contributed by atoms with E-state index in [4.69, 9.17) is 15.3 Å². The second kappa shape index (κ2) is 6.88. The van der Waals surface area contributed by atoms with E-state index in [2.05, 4.69) is 0 Å². The molecule has 0 saturated carbocycles. The second-order valence-corrected chi connectivity index (χ2v) is 4.46. The fourth-order valence-electron chi connectivity index (χ4n) is 1.89. The predicted octanol–water partition coefficient (Wildman–Crippen LogP) is 3.33. The van der Waals surface area contributed by atoms with Gasteiger partial charge in [0.1, 0.15) is 5.75 Å². The molecule has 2 aromatic rings. The third kappa shape index (κ3) is 3.39. The van der Waals surface area contributed by atoms with Gasteiger partial charge in [0.25, 0.3) is 0 Å². The topological polar surface area (TPSA) is 73.9 Å². The number of ether oxygens (including phenoxy) is 1. The lowest BCUT2D eigenvalue weighted by molar-refractivity contribution is 0.104. The number of allylic oxidation sites excluding steroid dienone is 1. The smallest absolute Gasteiger partial charge is 0.185 e. The molecule has 2 aromatic carbocycles. The minimum absolute atomic E-state index is 0.170. The maximum absolute atomic E-state index is 12.1.